The van der Waals surface area contributed by atoms with Gasteiger partial charge < -0.3 is 10.1 Å². The predicted octanol–water partition coefficient (Wildman–Crippen LogP) is 4.34. The molecular weight excluding hydrogens is 266 g/mol. The highest BCUT2D eigenvalue weighted by Gasteiger charge is 2.08. The van der Waals surface area contributed by atoms with E-state index in [2.05, 4.69) is 64.2 Å². The molecule has 0 radical (unpaired) electrons. The van der Waals surface area contributed by atoms with Crippen LogP contribution in [0.25, 0.3) is 0 Å². The van der Waals surface area contributed by atoms with Crippen molar-refractivity contribution in [2.45, 2.75) is 51.6 Å². The molecule has 0 aliphatic heterocycles. The quantitative estimate of drug-likeness (QED) is 0.569. The summed E-state index contributed by atoms with van der Waals surface area (Å²) in [6.07, 6.45) is 0. The Morgan fingerprint density at radius 2 is 1.80 bits per heavy atom. The molecule has 3 heteroatoms. The van der Waals surface area contributed by atoms with Gasteiger partial charge >= 0.3 is 0 Å². The molecule has 0 bridgehead atoms. The number of thioether (sulfide) groups is 1. The van der Waals surface area contributed by atoms with Gasteiger partial charge in [0.05, 0.1) is 6.61 Å². The Morgan fingerprint density at radius 1 is 1.15 bits per heavy atom. The first-order valence-corrected chi connectivity index (χ1v) is 8.40. The van der Waals surface area contributed by atoms with Crippen LogP contribution in [0.1, 0.15) is 40.2 Å². The Labute approximate surface area is 128 Å². The van der Waals surface area contributed by atoms with E-state index in [4.69, 9.17) is 4.74 Å². The lowest BCUT2D eigenvalue weighted by atomic mass is 10.1. The van der Waals surface area contributed by atoms with Gasteiger partial charge in [-0.15, -0.1) is 11.8 Å². The monoisotopic (exact) mass is 295 g/mol. The largest absolute Gasteiger partial charge is 0.380 e. The average molecular weight is 295 g/mol. The number of hydrogen-bond acceptors (Lipinski definition) is 3. The molecule has 0 aliphatic rings. The van der Waals surface area contributed by atoms with Gasteiger partial charge in [-0.3, -0.25) is 0 Å². The van der Waals surface area contributed by atoms with Crippen molar-refractivity contribution in [1.29, 1.82) is 0 Å². The van der Waals surface area contributed by atoms with Crippen molar-refractivity contribution in [3.63, 3.8) is 0 Å². The van der Waals surface area contributed by atoms with Gasteiger partial charge in [0.2, 0.25) is 0 Å². The van der Waals surface area contributed by atoms with Gasteiger partial charge in [0.15, 0.2) is 0 Å². The lowest BCUT2D eigenvalue weighted by molar-refractivity contribution is 0.124. The first-order valence-electron chi connectivity index (χ1n) is 7.41. The molecule has 0 saturated heterocycles. The molecule has 1 rings (SSSR count). The summed E-state index contributed by atoms with van der Waals surface area (Å²) >= 11 is 1.86. The summed E-state index contributed by atoms with van der Waals surface area (Å²) in [4.78, 5) is 1.32. The third kappa shape index (κ3) is 8.62. The SMILES string of the molecule is CC(C)COCCSc1ccc(CNC(C)(C)C)cc1. The van der Waals surface area contributed by atoms with Crippen LogP contribution in [0.2, 0.25) is 0 Å². The predicted molar refractivity (Wildman–Crippen MR) is 89.4 cm³/mol. The van der Waals surface area contributed by atoms with Crippen LogP contribution in [0, 0.1) is 5.92 Å². The van der Waals surface area contributed by atoms with E-state index in [1.54, 1.807) is 0 Å². The van der Waals surface area contributed by atoms with E-state index < -0.39 is 0 Å². The van der Waals surface area contributed by atoms with Gasteiger partial charge in [-0.05, 0) is 44.4 Å². The fourth-order valence-corrected chi connectivity index (χ4v) is 2.37. The second-order valence-corrected chi connectivity index (χ2v) is 7.73. The Balaban J connectivity index is 2.25. The highest BCUT2D eigenvalue weighted by molar-refractivity contribution is 7.99. The van der Waals surface area contributed by atoms with Crippen LogP contribution in [0.15, 0.2) is 29.2 Å². The lowest BCUT2D eigenvalue weighted by Crippen LogP contribution is -2.35. The zero-order chi connectivity index (χ0) is 15.0. The third-order valence-corrected chi connectivity index (χ3v) is 3.67. The molecule has 0 saturated carbocycles. The molecule has 114 valence electrons. The van der Waals surface area contributed by atoms with E-state index in [1.807, 2.05) is 11.8 Å². The van der Waals surface area contributed by atoms with Crippen molar-refractivity contribution in [3.05, 3.63) is 29.8 Å². The highest BCUT2D eigenvalue weighted by Crippen LogP contribution is 2.18. The molecule has 1 aromatic carbocycles. The number of rotatable bonds is 8. The zero-order valence-electron chi connectivity index (χ0n) is 13.5. The molecule has 0 spiro atoms. The summed E-state index contributed by atoms with van der Waals surface area (Å²) in [7, 11) is 0. The minimum Gasteiger partial charge on any atom is -0.380 e. The molecule has 0 atom stereocenters. The van der Waals surface area contributed by atoms with Crippen molar-refractivity contribution < 1.29 is 4.74 Å². The van der Waals surface area contributed by atoms with E-state index in [0.717, 1.165) is 25.5 Å². The molecule has 0 amide bonds. The minimum absolute atomic E-state index is 0.168. The van der Waals surface area contributed by atoms with Gasteiger partial charge in [0.25, 0.3) is 0 Å². The van der Waals surface area contributed by atoms with E-state index in [9.17, 15) is 0 Å². The molecular formula is C17H29NOS. The number of nitrogens with one attached hydrogen (secondary N) is 1. The van der Waals surface area contributed by atoms with Crippen molar-refractivity contribution in [1.82, 2.24) is 5.32 Å². The fourth-order valence-electron chi connectivity index (χ4n) is 1.61. The average Bonchev–Trinajstić information content (AvgIpc) is 2.36. The number of ether oxygens (including phenoxy) is 1. The van der Waals surface area contributed by atoms with Gasteiger partial charge in [0, 0.05) is 29.3 Å². The normalized spacial score (nSPS) is 12.1. The number of benzene rings is 1. The molecule has 2 nitrogen and oxygen atoms in total. The summed E-state index contributed by atoms with van der Waals surface area (Å²) in [5, 5.41) is 3.50. The van der Waals surface area contributed by atoms with Crippen molar-refractivity contribution >= 4 is 11.8 Å². The summed E-state index contributed by atoms with van der Waals surface area (Å²) in [5.41, 5.74) is 1.50. The van der Waals surface area contributed by atoms with E-state index in [1.165, 1.54) is 10.5 Å². The van der Waals surface area contributed by atoms with Crippen LogP contribution in [0.5, 0.6) is 0 Å². The van der Waals surface area contributed by atoms with Gasteiger partial charge in [-0.1, -0.05) is 26.0 Å². The van der Waals surface area contributed by atoms with Gasteiger partial charge in [0.1, 0.15) is 0 Å². The molecule has 0 aliphatic carbocycles. The van der Waals surface area contributed by atoms with E-state index in [0.29, 0.717) is 5.92 Å². The Bertz CT molecular complexity index is 368. The molecule has 20 heavy (non-hydrogen) atoms. The lowest BCUT2D eigenvalue weighted by Gasteiger charge is -2.20. The Morgan fingerprint density at radius 3 is 2.35 bits per heavy atom. The van der Waals surface area contributed by atoms with Crippen LogP contribution in [0.4, 0.5) is 0 Å². The van der Waals surface area contributed by atoms with Crippen molar-refractivity contribution in [2.24, 2.45) is 5.92 Å². The maximum Gasteiger partial charge on any atom is 0.0560 e. The molecule has 0 fully saturated rings. The van der Waals surface area contributed by atoms with Crippen LogP contribution < -0.4 is 5.32 Å². The molecule has 0 aromatic heterocycles. The topological polar surface area (TPSA) is 21.3 Å². The summed E-state index contributed by atoms with van der Waals surface area (Å²) in [6.45, 7) is 13.5. The Kier molecular flexibility index (Phi) is 7.63. The second-order valence-electron chi connectivity index (χ2n) is 6.56. The first kappa shape index (κ1) is 17.5. The van der Waals surface area contributed by atoms with Crippen molar-refractivity contribution in [3.8, 4) is 0 Å². The smallest absolute Gasteiger partial charge is 0.0560 e. The molecule has 0 unspecified atom stereocenters. The van der Waals surface area contributed by atoms with Gasteiger partial charge in [-0.25, -0.2) is 0 Å². The van der Waals surface area contributed by atoms with E-state index >= 15 is 0 Å². The molecule has 0 heterocycles. The third-order valence-electron chi connectivity index (χ3n) is 2.69. The summed E-state index contributed by atoms with van der Waals surface area (Å²) in [6, 6.07) is 8.81. The maximum absolute atomic E-state index is 5.59. The fraction of sp³-hybridized carbons (Fsp3) is 0.647. The van der Waals surface area contributed by atoms with Crippen LogP contribution in [0.3, 0.4) is 0 Å². The number of hydrogen-bond donors (Lipinski definition) is 1. The van der Waals surface area contributed by atoms with Crippen LogP contribution in [-0.4, -0.2) is 24.5 Å². The Hall–Kier alpha value is -0.510. The summed E-state index contributed by atoms with van der Waals surface area (Å²) in [5.74, 6) is 1.64. The standard InChI is InChI=1S/C17H29NOS/c1-14(2)13-19-10-11-20-16-8-6-15(7-9-16)12-18-17(3,4)5/h6-9,14,18H,10-13H2,1-5H3. The highest BCUT2D eigenvalue weighted by atomic mass is 32.2. The second kappa shape index (κ2) is 8.71. The van der Waals surface area contributed by atoms with Gasteiger partial charge in [-0.2, -0.15) is 0 Å². The minimum atomic E-state index is 0.168. The summed E-state index contributed by atoms with van der Waals surface area (Å²) < 4.78 is 5.59. The van der Waals surface area contributed by atoms with Crippen molar-refractivity contribution in [2.75, 3.05) is 19.0 Å². The maximum atomic E-state index is 5.59. The molecule has 1 N–H and O–H groups in total. The van der Waals surface area contributed by atoms with E-state index in [-0.39, 0.29) is 5.54 Å². The zero-order valence-corrected chi connectivity index (χ0v) is 14.3. The van der Waals surface area contributed by atoms with Crippen LogP contribution in [-0.2, 0) is 11.3 Å². The molecule has 1 aromatic rings. The first-order chi connectivity index (χ1) is 9.37. The van der Waals surface area contributed by atoms with Crippen LogP contribution >= 0.6 is 11.8 Å².